The molecular formula is C17H22BF2NO4. The monoisotopic (exact) mass is 353 g/mol. The third-order valence-corrected chi connectivity index (χ3v) is 5.14. The molecule has 8 heteroatoms. The van der Waals surface area contributed by atoms with Crippen LogP contribution in [0.4, 0.5) is 8.78 Å². The highest BCUT2D eigenvalue weighted by atomic mass is 19.1. The van der Waals surface area contributed by atoms with Crippen LogP contribution in [0.25, 0.3) is 0 Å². The van der Waals surface area contributed by atoms with E-state index < -0.39 is 41.4 Å². The van der Waals surface area contributed by atoms with Crippen molar-refractivity contribution in [3.8, 4) is 0 Å². The zero-order chi connectivity index (χ0) is 18.4. The van der Waals surface area contributed by atoms with Crippen LogP contribution in [-0.4, -0.2) is 55.4 Å². The summed E-state index contributed by atoms with van der Waals surface area (Å²) in [7, 11) is -0.998. The second kappa shape index (κ2) is 6.34. The zero-order valence-corrected chi connectivity index (χ0v) is 14.9. The largest absolute Gasteiger partial charge is 0.497 e. The van der Waals surface area contributed by atoms with Crippen LogP contribution in [0, 0.1) is 11.6 Å². The number of rotatable bonds is 2. The third-order valence-electron chi connectivity index (χ3n) is 5.14. The Morgan fingerprint density at radius 1 is 1.08 bits per heavy atom. The van der Waals surface area contributed by atoms with Gasteiger partial charge in [-0.15, -0.1) is 0 Å². The Hall–Kier alpha value is -1.51. The summed E-state index contributed by atoms with van der Waals surface area (Å²) in [5.41, 5.74) is -1.87. The lowest BCUT2D eigenvalue weighted by molar-refractivity contribution is 0.00578. The number of ether oxygens (including phenoxy) is 1. The van der Waals surface area contributed by atoms with Crippen LogP contribution in [0.2, 0.25) is 0 Å². The van der Waals surface area contributed by atoms with Gasteiger partial charge in [-0.3, -0.25) is 4.79 Å². The van der Waals surface area contributed by atoms with E-state index in [0.29, 0.717) is 26.3 Å². The Balaban J connectivity index is 1.94. The molecule has 0 aliphatic carbocycles. The first kappa shape index (κ1) is 18.3. The van der Waals surface area contributed by atoms with E-state index in [1.807, 2.05) is 27.7 Å². The smallest absolute Gasteiger partial charge is 0.399 e. The molecule has 1 aromatic carbocycles. The minimum absolute atomic E-state index is 0.0247. The molecule has 2 fully saturated rings. The van der Waals surface area contributed by atoms with Gasteiger partial charge >= 0.3 is 7.12 Å². The zero-order valence-electron chi connectivity index (χ0n) is 14.9. The van der Waals surface area contributed by atoms with Crippen molar-refractivity contribution in [3.63, 3.8) is 0 Å². The van der Waals surface area contributed by atoms with E-state index in [0.717, 1.165) is 6.07 Å². The van der Waals surface area contributed by atoms with Crippen LogP contribution >= 0.6 is 0 Å². The van der Waals surface area contributed by atoms with Gasteiger partial charge in [-0.05, 0) is 33.8 Å². The Morgan fingerprint density at radius 2 is 1.64 bits per heavy atom. The molecule has 1 amide bonds. The van der Waals surface area contributed by atoms with Crippen molar-refractivity contribution in [1.82, 2.24) is 4.90 Å². The lowest BCUT2D eigenvalue weighted by Gasteiger charge is -2.32. The van der Waals surface area contributed by atoms with Crippen molar-refractivity contribution in [2.75, 3.05) is 26.3 Å². The van der Waals surface area contributed by atoms with Gasteiger partial charge in [0.1, 0.15) is 17.2 Å². The fourth-order valence-corrected chi connectivity index (χ4v) is 2.84. The molecule has 0 aromatic heterocycles. The van der Waals surface area contributed by atoms with E-state index in [1.165, 1.54) is 11.0 Å². The molecule has 0 bridgehead atoms. The molecule has 25 heavy (non-hydrogen) atoms. The fraction of sp³-hybridized carbons (Fsp3) is 0.588. The summed E-state index contributed by atoms with van der Waals surface area (Å²) >= 11 is 0. The van der Waals surface area contributed by atoms with E-state index in [4.69, 9.17) is 14.0 Å². The predicted molar refractivity (Wildman–Crippen MR) is 88.8 cm³/mol. The average Bonchev–Trinajstić information content (AvgIpc) is 2.76. The molecule has 3 rings (SSSR count). The quantitative estimate of drug-likeness (QED) is 0.760. The highest BCUT2D eigenvalue weighted by molar-refractivity contribution is 6.62. The Kier molecular flexibility index (Phi) is 4.64. The standard InChI is InChI=1S/C17H22BF2NO4/c1-16(2)17(3,4)25-18(24-16)11-5-6-12(19)13(14(11)20)15(22)21-7-9-23-10-8-21/h5-6H,7-10H2,1-4H3. The summed E-state index contributed by atoms with van der Waals surface area (Å²) in [4.78, 5) is 14.0. The van der Waals surface area contributed by atoms with Crippen molar-refractivity contribution in [2.45, 2.75) is 38.9 Å². The Morgan fingerprint density at radius 3 is 2.20 bits per heavy atom. The van der Waals surface area contributed by atoms with Crippen molar-refractivity contribution >= 4 is 18.5 Å². The number of nitrogens with zero attached hydrogens (tertiary/aromatic N) is 1. The maximum absolute atomic E-state index is 15.0. The molecule has 5 nitrogen and oxygen atoms in total. The molecule has 2 heterocycles. The Bertz CT molecular complexity index is 673. The van der Waals surface area contributed by atoms with E-state index in [9.17, 15) is 9.18 Å². The van der Waals surface area contributed by atoms with Crippen molar-refractivity contribution in [2.24, 2.45) is 0 Å². The van der Waals surface area contributed by atoms with Gasteiger partial charge in [0.15, 0.2) is 0 Å². The van der Waals surface area contributed by atoms with E-state index >= 15 is 4.39 Å². The van der Waals surface area contributed by atoms with Gasteiger partial charge in [-0.1, -0.05) is 6.07 Å². The van der Waals surface area contributed by atoms with Crippen LogP contribution in [-0.2, 0) is 14.0 Å². The van der Waals surface area contributed by atoms with Gasteiger partial charge in [-0.25, -0.2) is 8.78 Å². The second-order valence-electron chi connectivity index (χ2n) is 7.32. The third kappa shape index (κ3) is 3.18. The molecule has 0 N–H and O–H groups in total. The van der Waals surface area contributed by atoms with E-state index in [1.54, 1.807) is 0 Å². The molecule has 0 radical (unpaired) electrons. The van der Waals surface area contributed by atoms with E-state index in [2.05, 4.69) is 0 Å². The molecule has 0 spiro atoms. The topological polar surface area (TPSA) is 48.0 Å². The van der Waals surface area contributed by atoms with Crippen LogP contribution in [0.15, 0.2) is 12.1 Å². The lowest BCUT2D eigenvalue weighted by Crippen LogP contribution is -2.43. The van der Waals surface area contributed by atoms with Gasteiger partial charge in [0.2, 0.25) is 0 Å². The number of hydrogen-bond acceptors (Lipinski definition) is 4. The molecule has 136 valence electrons. The minimum atomic E-state index is -0.998. The summed E-state index contributed by atoms with van der Waals surface area (Å²) < 4.78 is 46.1. The van der Waals surface area contributed by atoms with Gasteiger partial charge in [0, 0.05) is 18.6 Å². The summed E-state index contributed by atoms with van der Waals surface area (Å²) in [5.74, 6) is -2.51. The maximum atomic E-state index is 15.0. The summed E-state index contributed by atoms with van der Waals surface area (Å²) in [6.45, 7) is 8.68. The van der Waals surface area contributed by atoms with Gasteiger partial charge in [0.25, 0.3) is 5.91 Å². The van der Waals surface area contributed by atoms with Crippen molar-refractivity contribution < 1.29 is 27.6 Å². The molecular weight excluding hydrogens is 331 g/mol. The molecule has 1 aromatic rings. The second-order valence-corrected chi connectivity index (χ2v) is 7.32. The normalized spacial score (nSPS) is 22.3. The van der Waals surface area contributed by atoms with Crippen LogP contribution in [0.3, 0.4) is 0 Å². The number of morpholine rings is 1. The average molecular weight is 353 g/mol. The highest BCUT2D eigenvalue weighted by Gasteiger charge is 2.52. The van der Waals surface area contributed by atoms with Crippen LogP contribution < -0.4 is 5.46 Å². The number of amides is 1. The number of benzene rings is 1. The first-order valence-corrected chi connectivity index (χ1v) is 8.34. The molecule has 2 saturated heterocycles. The Labute approximate surface area is 146 Å². The number of carbonyl (C=O) groups is 1. The summed E-state index contributed by atoms with van der Waals surface area (Å²) in [6, 6.07) is 2.35. The van der Waals surface area contributed by atoms with Gasteiger partial charge in [-0.2, -0.15) is 0 Å². The number of hydrogen-bond donors (Lipinski definition) is 0. The highest BCUT2D eigenvalue weighted by Crippen LogP contribution is 2.36. The van der Waals surface area contributed by atoms with Crippen molar-refractivity contribution in [3.05, 3.63) is 29.3 Å². The van der Waals surface area contributed by atoms with E-state index in [-0.39, 0.29) is 5.46 Å². The van der Waals surface area contributed by atoms with Crippen LogP contribution in [0.1, 0.15) is 38.1 Å². The predicted octanol–water partition coefficient (Wildman–Crippen LogP) is 1.74. The van der Waals surface area contributed by atoms with Crippen molar-refractivity contribution in [1.29, 1.82) is 0 Å². The number of halogens is 2. The van der Waals surface area contributed by atoms with Crippen LogP contribution in [0.5, 0.6) is 0 Å². The SMILES string of the molecule is CC1(C)OB(c2ccc(F)c(C(=O)N3CCOCC3)c2F)OC1(C)C. The summed E-state index contributed by atoms with van der Waals surface area (Å²) in [5, 5.41) is 0. The maximum Gasteiger partial charge on any atom is 0.497 e. The molecule has 0 atom stereocenters. The molecule has 0 unspecified atom stereocenters. The lowest BCUT2D eigenvalue weighted by atomic mass is 9.77. The molecule has 0 saturated carbocycles. The molecule has 2 aliphatic rings. The number of carbonyl (C=O) groups excluding carboxylic acids is 1. The fourth-order valence-electron chi connectivity index (χ4n) is 2.84. The summed E-state index contributed by atoms with van der Waals surface area (Å²) in [6.07, 6.45) is 0. The van der Waals surface area contributed by atoms with Gasteiger partial charge in [0.05, 0.1) is 24.4 Å². The first-order chi connectivity index (χ1) is 11.6. The molecule has 2 aliphatic heterocycles. The first-order valence-electron chi connectivity index (χ1n) is 8.34. The van der Waals surface area contributed by atoms with Gasteiger partial charge < -0.3 is 18.9 Å². The minimum Gasteiger partial charge on any atom is -0.399 e.